The summed E-state index contributed by atoms with van der Waals surface area (Å²) in [6, 6.07) is 4.45. The molecule has 1 aromatic rings. The Labute approximate surface area is 127 Å². The smallest absolute Gasteiger partial charge is 0.364 e. The predicted molar refractivity (Wildman–Crippen MR) is 75.6 cm³/mol. The van der Waals surface area contributed by atoms with Gasteiger partial charge in [-0.15, -0.1) is 0 Å². The molecule has 0 radical (unpaired) electrons. The van der Waals surface area contributed by atoms with E-state index in [1.54, 1.807) is 0 Å². The molecule has 0 aromatic heterocycles. The van der Waals surface area contributed by atoms with Gasteiger partial charge in [0.2, 0.25) is 0 Å². The number of benzene rings is 1. The van der Waals surface area contributed by atoms with Gasteiger partial charge in [-0.25, -0.2) is 0 Å². The number of anilines is 1. The van der Waals surface area contributed by atoms with Crippen molar-refractivity contribution in [1.82, 2.24) is 0 Å². The lowest BCUT2D eigenvalue weighted by Crippen LogP contribution is -3.16. The lowest BCUT2D eigenvalue weighted by Gasteiger charge is -2.31. The number of amides is 1. The summed E-state index contributed by atoms with van der Waals surface area (Å²) in [5, 5.41) is 2.63. The van der Waals surface area contributed by atoms with Crippen LogP contribution in [0, 0.1) is 0 Å². The summed E-state index contributed by atoms with van der Waals surface area (Å²) in [5.74, 6) is -0.212. The molecule has 0 spiro atoms. The van der Waals surface area contributed by atoms with Crippen LogP contribution in [0.1, 0.15) is 19.4 Å². The maximum atomic E-state index is 12.5. The summed E-state index contributed by atoms with van der Waals surface area (Å²) in [6.45, 7) is 5.68. The fourth-order valence-electron chi connectivity index (χ4n) is 2.71. The molecule has 1 aliphatic heterocycles. The zero-order valence-corrected chi connectivity index (χ0v) is 12.5. The summed E-state index contributed by atoms with van der Waals surface area (Å²) in [7, 11) is 0. The molecule has 22 heavy (non-hydrogen) atoms. The van der Waals surface area contributed by atoms with E-state index in [0.717, 1.165) is 30.1 Å². The molecule has 0 bridgehead atoms. The molecular formula is C15H20F3N2O2+. The van der Waals surface area contributed by atoms with Gasteiger partial charge in [0.15, 0.2) is 6.54 Å². The van der Waals surface area contributed by atoms with Crippen molar-refractivity contribution in [1.29, 1.82) is 0 Å². The highest BCUT2D eigenvalue weighted by molar-refractivity contribution is 5.91. The monoisotopic (exact) mass is 317 g/mol. The van der Waals surface area contributed by atoms with E-state index in [4.69, 9.17) is 4.74 Å². The molecular weight excluding hydrogens is 297 g/mol. The Morgan fingerprint density at radius 3 is 2.27 bits per heavy atom. The number of alkyl halides is 3. The third kappa shape index (κ3) is 4.71. The van der Waals surface area contributed by atoms with E-state index < -0.39 is 11.7 Å². The Bertz CT molecular complexity index is 507. The molecule has 1 aliphatic rings. The summed E-state index contributed by atoms with van der Waals surface area (Å²) >= 11 is 0. The van der Waals surface area contributed by atoms with E-state index in [2.05, 4.69) is 5.32 Å². The van der Waals surface area contributed by atoms with E-state index in [0.29, 0.717) is 5.69 Å². The number of nitrogens with one attached hydrogen (secondary N) is 2. The van der Waals surface area contributed by atoms with Crippen LogP contribution in [0.2, 0.25) is 0 Å². The molecule has 2 rings (SSSR count). The van der Waals surface area contributed by atoms with Gasteiger partial charge in [0.25, 0.3) is 5.91 Å². The minimum Gasteiger partial charge on any atom is -0.364 e. The van der Waals surface area contributed by atoms with E-state index in [-0.39, 0.29) is 24.7 Å². The van der Waals surface area contributed by atoms with Crippen LogP contribution in [-0.4, -0.2) is 37.7 Å². The average molecular weight is 317 g/mol. The van der Waals surface area contributed by atoms with Crippen molar-refractivity contribution in [2.45, 2.75) is 32.2 Å². The third-order valence-electron chi connectivity index (χ3n) is 3.52. The van der Waals surface area contributed by atoms with Crippen LogP contribution in [0.25, 0.3) is 0 Å². The van der Waals surface area contributed by atoms with Gasteiger partial charge in [0.1, 0.15) is 25.3 Å². The van der Waals surface area contributed by atoms with Gasteiger partial charge >= 0.3 is 6.18 Å². The number of carbonyl (C=O) groups excluding carboxylic acids is 1. The lowest BCUT2D eigenvalue weighted by molar-refractivity contribution is -0.907. The van der Waals surface area contributed by atoms with Crippen LogP contribution in [0.3, 0.4) is 0 Å². The summed E-state index contributed by atoms with van der Waals surface area (Å²) in [5.41, 5.74) is -0.362. The maximum absolute atomic E-state index is 12.5. The van der Waals surface area contributed by atoms with Crippen LogP contribution in [0.4, 0.5) is 18.9 Å². The topological polar surface area (TPSA) is 42.8 Å². The SMILES string of the molecule is C[C@@H]1C[NH+](CC(=O)Nc2ccc(C(F)(F)F)cc2)C[C@H](C)O1. The molecule has 122 valence electrons. The Balaban J connectivity index is 1.89. The highest BCUT2D eigenvalue weighted by atomic mass is 19.4. The predicted octanol–water partition coefficient (Wildman–Crippen LogP) is 1.34. The van der Waals surface area contributed by atoms with E-state index >= 15 is 0 Å². The first kappa shape index (κ1) is 16.8. The fourth-order valence-corrected chi connectivity index (χ4v) is 2.71. The van der Waals surface area contributed by atoms with Gasteiger partial charge in [0.05, 0.1) is 5.56 Å². The first-order valence-electron chi connectivity index (χ1n) is 7.20. The summed E-state index contributed by atoms with van der Waals surface area (Å²) in [6.07, 6.45) is -4.18. The number of rotatable bonds is 3. The molecule has 1 aromatic carbocycles. The van der Waals surface area contributed by atoms with E-state index in [1.165, 1.54) is 12.1 Å². The molecule has 1 fully saturated rings. The Morgan fingerprint density at radius 1 is 1.23 bits per heavy atom. The number of morpholine rings is 1. The second-order valence-electron chi connectivity index (χ2n) is 5.72. The minimum atomic E-state index is -4.37. The number of hydrogen-bond acceptors (Lipinski definition) is 2. The van der Waals surface area contributed by atoms with Gasteiger partial charge in [-0.3, -0.25) is 4.79 Å². The summed E-state index contributed by atoms with van der Waals surface area (Å²) < 4.78 is 43.0. The van der Waals surface area contributed by atoms with Crippen molar-refractivity contribution in [3.63, 3.8) is 0 Å². The first-order chi connectivity index (χ1) is 10.2. The number of hydrogen-bond donors (Lipinski definition) is 2. The quantitative estimate of drug-likeness (QED) is 0.883. The number of carbonyl (C=O) groups is 1. The normalized spacial score (nSPS) is 25.8. The molecule has 7 heteroatoms. The Morgan fingerprint density at radius 2 is 1.77 bits per heavy atom. The van der Waals surface area contributed by atoms with Crippen molar-refractivity contribution in [2.75, 3.05) is 25.0 Å². The first-order valence-corrected chi connectivity index (χ1v) is 7.20. The molecule has 1 unspecified atom stereocenters. The standard InChI is InChI=1S/C15H19F3N2O2/c1-10-7-20(8-11(2)22-10)9-14(21)19-13-5-3-12(4-6-13)15(16,17)18/h3-6,10-11H,7-9H2,1-2H3,(H,19,21)/p+1/t10-,11+. The average Bonchev–Trinajstić information content (AvgIpc) is 2.36. The molecule has 1 amide bonds. The summed E-state index contributed by atoms with van der Waals surface area (Å²) in [4.78, 5) is 13.1. The maximum Gasteiger partial charge on any atom is 0.416 e. The minimum absolute atomic E-state index is 0.0950. The van der Waals surface area contributed by atoms with Crippen LogP contribution >= 0.6 is 0 Å². The fraction of sp³-hybridized carbons (Fsp3) is 0.533. The molecule has 0 aliphatic carbocycles. The van der Waals surface area contributed by atoms with Crippen molar-refractivity contribution in [3.8, 4) is 0 Å². The number of quaternary nitrogens is 1. The highest BCUT2D eigenvalue weighted by Gasteiger charge is 2.30. The number of halogens is 3. The van der Waals surface area contributed by atoms with Crippen LogP contribution in [0.15, 0.2) is 24.3 Å². The second kappa shape index (κ2) is 6.66. The molecule has 3 atom stereocenters. The van der Waals surface area contributed by atoms with Gasteiger partial charge in [-0.2, -0.15) is 13.2 Å². The zero-order chi connectivity index (χ0) is 16.3. The zero-order valence-electron chi connectivity index (χ0n) is 12.5. The van der Waals surface area contributed by atoms with Crippen molar-refractivity contribution < 1.29 is 27.6 Å². The molecule has 1 heterocycles. The Kier molecular flexibility index (Phi) is 5.08. The van der Waals surface area contributed by atoms with Crippen LogP contribution in [-0.2, 0) is 15.7 Å². The largest absolute Gasteiger partial charge is 0.416 e. The molecule has 1 saturated heterocycles. The van der Waals surface area contributed by atoms with Gasteiger partial charge in [0, 0.05) is 5.69 Å². The van der Waals surface area contributed by atoms with Gasteiger partial charge in [-0.05, 0) is 38.1 Å². The van der Waals surface area contributed by atoms with E-state index in [9.17, 15) is 18.0 Å². The molecule has 0 saturated carbocycles. The van der Waals surface area contributed by atoms with Crippen LogP contribution in [0.5, 0.6) is 0 Å². The number of ether oxygens (including phenoxy) is 1. The van der Waals surface area contributed by atoms with Crippen LogP contribution < -0.4 is 10.2 Å². The van der Waals surface area contributed by atoms with Crippen molar-refractivity contribution in [2.24, 2.45) is 0 Å². The lowest BCUT2D eigenvalue weighted by atomic mass is 10.2. The van der Waals surface area contributed by atoms with Gasteiger partial charge < -0.3 is 15.0 Å². The Hall–Kier alpha value is -1.60. The highest BCUT2D eigenvalue weighted by Crippen LogP contribution is 2.29. The van der Waals surface area contributed by atoms with E-state index in [1.807, 2.05) is 13.8 Å². The molecule has 2 N–H and O–H groups in total. The second-order valence-corrected chi connectivity index (χ2v) is 5.72. The van der Waals surface area contributed by atoms with Crippen molar-refractivity contribution >= 4 is 11.6 Å². The van der Waals surface area contributed by atoms with Crippen molar-refractivity contribution in [3.05, 3.63) is 29.8 Å². The van der Waals surface area contributed by atoms with Gasteiger partial charge in [-0.1, -0.05) is 0 Å². The molecule has 4 nitrogen and oxygen atoms in total. The third-order valence-corrected chi connectivity index (χ3v) is 3.52.